The zero-order valence-corrected chi connectivity index (χ0v) is 16.2. The third-order valence-corrected chi connectivity index (χ3v) is 4.03. The van der Waals surface area contributed by atoms with E-state index in [9.17, 15) is 9.59 Å². The molecule has 8 heteroatoms. The Kier molecular flexibility index (Phi) is 12.2. The van der Waals surface area contributed by atoms with Crippen molar-refractivity contribution >= 4 is 36.6 Å². The van der Waals surface area contributed by atoms with Crippen LogP contribution in [0, 0.1) is 5.92 Å². The van der Waals surface area contributed by atoms with Crippen LogP contribution < -0.4 is 10.6 Å². The van der Waals surface area contributed by atoms with Crippen molar-refractivity contribution in [3.05, 3.63) is 30.1 Å². The highest BCUT2D eigenvalue weighted by atomic mass is 35.5. The molecule has 6 nitrogen and oxygen atoms in total. The molecule has 142 valence electrons. The average molecular weight is 391 g/mol. The topological polar surface area (TPSA) is 74.3 Å². The second-order valence-corrected chi connectivity index (χ2v) is 5.87. The standard InChI is InChI=1S/C17H26N4O2.2ClH/c1-2-7-18-10-11-20-16(22)15-4-3-12-21(13-15)17(23)14-5-8-19-9-6-14;;/h5-6,8-9,15,18H,2-4,7,10-13H2,1H3,(H,20,22);2*1H. The molecule has 0 saturated carbocycles. The number of halogens is 2. The van der Waals surface area contributed by atoms with E-state index in [2.05, 4.69) is 22.5 Å². The van der Waals surface area contributed by atoms with Crippen molar-refractivity contribution in [2.75, 3.05) is 32.7 Å². The minimum absolute atomic E-state index is 0. The SMILES string of the molecule is CCCNCCNC(=O)C1CCCN(C(=O)c2ccncc2)C1.Cl.Cl. The molecule has 25 heavy (non-hydrogen) atoms. The van der Waals surface area contributed by atoms with E-state index in [0.717, 1.165) is 32.4 Å². The van der Waals surface area contributed by atoms with Gasteiger partial charge in [-0.3, -0.25) is 14.6 Å². The van der Waals surface area contributed by atoms with Crippen LogP contribution in [0.4, 0.5) is 0 Å². The summed E-state index contributed by atoms with van der Waals surface area (Å²) >= 11 is 0. The zero-order valence-electron chi connectivity index (χ0n) is 14.6. The van der Waals surface area contributed by atoms with Crippen molar-refractivity contribution in [1.29, 1.82) is 0 Å². The van der Waals surface area contributed by atoms with Gasteiger partial charge in [0, 0.05) is 44.1 Å². The number of rotatable bonds is 7. The Balaban J connectivity index is 0.00000288. The predicted octanol–water partition coefficient (Wildman–Crippen LogP) is 1.89. The number of likely N-dealkylation sites (tertiary alicyclic amines) is 1. The molecule has 0 bridgehead atoms. The van der Waals surface area contributed by atoms with Gasteiger partial charge in [0.2, 0.25) is 5.91 Å². The van der Waals surface area contributed by atoms with Crippen LogP contribution in [0.1, 0.15) is 36.5 Å². The molecule has 1 saturated heterocycles. The van der Waals surface area contributed by atoms with Gasteiger partial charge in [0.05, 0.1) is 5.92 Å². The van der Waals surface area contributed by atoms with E-state index >= 15 is 0 Å². The normalized spacial score (nSPS) is 16.4. The molecule has 2 heterocycles. The largest absolute Gasteiger partial charge is 0.355 e. The Morgan fingerprint density at radius 2 is 1.92 bits per heavy atom. The van der Waals surface area contributed by atoms with Gasteiger partial charge in [-0.25, -0.2) is 0 Å². The molecule has 1 atom stereocenters. The predicted molar refractivity (Wildman–Crippen MR) is 104 cm³/mol. The number of carbonyl (C=O) groups is 2. The number of amides is 2. The first kappa shape index (κ1) is 23.6. The molecule has 1 aromatic rings. The first-order chi connectivity index (χ1) is 11.2. The average Bonchev–Trinajstić information content (AvgIpc) is 2.61. The van der Waals surface area contributed by atoms with Crippen molar-refractivity contribution in [1.82, 2.24) is 20.5 Å². The van der Waals surface area contributed by atoms with Gasteiger partial charge in [-0.2, -0.15) is 0 Å². The van der Waals surface area contributed by atoms with Crippen LogP contribution in [0.15, 0.2) is 24.5 Å². The number of nitrogens with zero attached hydrogens (tertiary/aromatic N) is 2. The summed E-state index contributed by atoms with van der Waals surface area (Å²) in [5.74, 6) is -0.0780. The van der Waals surface area contributed by atoms with E-state index in [0.29, 0.717) is 25.2 Å². The summed E-state index contributed by atoms with van der Waals surface area (Å²) in [4.78, 5) is 30.4. The highest BCUT2D eigenvalue weighted by molar-refractivity contribution is 5.94. The van der Waals surface area contributed by atoms with E-state index in [1.54, 1.807) is 29.4 Å². The molecule has 2 amide bonds. The molecule has 0 radical (unpaired) electrons. The van der Waals surface area contributed by atoms with Gasteiger partial charge in [-0.05, 0) is 37.9 Å². The quantitative estimate of drug-likeness (QED) is 0.697. The highest BCUT2D eigenvalue weighted by Gasteiger charge is 2.28. The monoisotopic (exact) mass is 390 g/mol. The van der Waals surface area contributed by atoms with E-state index in [4.69, 9.17) is 0 Å². The van der Waals surface area contributed by atoms with Crippen LogP contribution in [0.3, 0.4) is 0 Å². The number of hydrogen-bond acceptors (Lipinski definition) is 4. The summed E-state index contributed by atoms with van der Waals surface area (Å²) in [5, 5.41) is 6.22. The summed E-state index contributed by atoms with van der Waals surface area (Å²) in [7, 11) is 0. The summed E-state index contributed by atoms with van der Waals surface area (Å²) in [6.07, 6.45) is 6.02. The summed E-state index contributed by atoms with van der Waals surface area (Å²) in [5.41, 5.74) is 0.629. The molecule has 1 fully saturated rings. The van der Waals surface area contributed by atoms with Gasteiger partial charge < -0.3 is 15.5 Å². The van der Waals surface area contributed by atoms with Crippen LogP contribution >= 0.6 is 24.8 Å². The van der Waals surface area contributed by atoms with E-state index < -0.39 is 0 Å². The number of hydrogen-bond donors (Lipinski definition) is 2. The van der Waals surface area contributed by atoms with Crippen LogP contribution in [-0.4, -0.2) is 54.4 Å². The van der Waals surface area contributed by atoms with Crippen molar-refractivity contribution in [2.45, 2.75) is 26.2 Å². The third kappa shape index (κ3) is 7.59. The van der Waals surface area contributed by atoms with Crippen LogP contribution in [0.25, 0.3) is 0 Å². The number of piperidine rings is 1. The van der Waals surface area contributed by atoms with Crippen LogP contribution in [0.5, 0.6) is 0 Å². The molecule has 2 N–H and O–H groups in total. The van der Waals surface area contributed by atoms with E-state index in [-0.39, 0.29) is 42.5 Å². The maximum Gasteiger partial charge on any atom is 0.253 e. The number of aromatic nitrogens is 1. The van der Waals surface area contributed by atoms with Crippen molar-refractivity contribution < 1.29 is 9.59 Å². The minimum atomic E-state index is -0.110. The van der Waals surface area contributed by atoms with E-state index in [1.165, 1.54) is 0 Å². The van der Waals surface area contributed by atoms with Crippen LogP contribution in [0.2, 0.25) is 0 Å². The lowest BCUT2D eigenvalue weighted by atomic mass is 9.96. The fourth-order valence-electron chi connectivity index (χ4n) is 2.77. The molecule has 1 aliphatic heterocycles. The molecule has 0 spiro atoms. The number of nitrogens with one attached hydrogen (secondary N) is 2. The lowest BCUT2D eigenvalue weighted by Gasteiger charge is -2.32. The third-order valence-electron chi connectivity index (χ3n) is 4.03. The lowest BCUT2D eigenvalue weighted by Crippen LogP contribution is -2.46. The maximum absolute atomic E-state index is 12.5. The van der Waals surface area contributed by atoms with Gasteiger partial charge >= 0.3 is 0 Å². The molecule has 1 unspecified atom stereocenters. The van der Waals surface area contributed by atoms with Crippen LogP contribution in [-0.2, 0) is 4.79 Å². The van der Waals surface area contributed by atoms with Gasteiger partial charge in [0.15, 0.2) is 0 Å². The summed E-state index contributed by atoms with van der Waals surface area (Å²) < 4.78 is 0. The molecule has 1 aliphatic rings. The fourth-order valence-corrected chi connectivity index (χ4v) is 2.77. The smallest absolute Gasteiger partial charge is 0.253 e. The summed E-state index contributed by atoms with van der Waals surface area (Å²) in [6.45, 7) is 5.70. The second-order valence-electron chi connectivity index (χ2n) is 5.87. The van der Waals surface area contributed by atoms with Gasteiger partial charge in [-0.1, -0.05) is 6.92 Å². The van der Waals surface area contributed by atoms with Crippen molar-refractivity contribution in [2.24, 2.45) is 5.92 Å². The Hall–Kier alpha value is -1.37. The van der Waals surface area contributed by atoms with E-state index in [1.807, 2.05) is 0 Å². The Morgan fingerprint density at radius 3 is 2.60 bits per heavy atom. The maximum atomic E-state index is 12.5. The first-order valence-corrected chi connectivity index (χ1v) is 8.40. The Labute approximate surface area is 162 Å². The summed E-state index contributed by atoms with van der Waals surface area (Å²) in [6, 6.07) is 3.43. The second kappa shape index (κ2) is 12.9. The molecular formula is C17H28Cl2N4O2. The molecule has 1 aromatic heterocycles. The van der Waals surface area contributed by atoms with Gasteiger partial charge in [-0.15, -0.1) is 24.8 Å². The molecule has 0 aliphatic carbocycles. The zero-order chi connectivity index (χ0) is 16.5. The van der Waals surface area contributed by atoms with Gasteiger partial charge in [0.1, 0.15) is 0 Å². The Bertz CT molecular complexity index is 517. The molecule has 2 rings (SSSR count). The van der Waals surface area contributed by atoms with Crippen molar-refractivity contribution in [3.63, 3.8) is 0 Å². The van der Waals surface area contributed by atoms with Gasteiger partial charge in [0.25, 0.3) is 5.91 Å². The lowest BCUT2D eigenvalue weighted by molar-refractivity contribution is -0.126. The number of carbonyl (C=O) groups excluding carboxylic acids is 2. The Morgan fingerprint density at radius 1 is 1.20 bits per heavy atom. The number of pyridine rings is 1. The first-order valence-electron chi connectivity index (χ1n) is 8.40. The highest BCUT2D eigenvalue weighted by Crippen LogP contribution is 2.18. The molecular weight excluding hydrogens is 363 g/mol. The fraction of sp³-hybridized carbons (Fsp3) is 0.588. The van der Waals surface area contributed by atoms with Crippen molar-refractivity contribution in [3.8, 4) is 0 Å². The molecule has 0 aromatic carbocycles. The minimum Gasteiger partial charge on any atom is -0.355 e.